The van der Waals surface area contributed by atoms with E-state index in [4.69, 9.17) is 9.47 Å². The summed E-state index contributed by atoms with van der Waals surface area (Å²) < 4.78 is 11.5. The SMILES string of the molecule is COc1ccc(OC)c(C(=O)c2cc(C)c(Br)c(C)c2)c1. The molecular weight excluding hydrogens is 332 g/mol. The highest BCUT2D eigenvalue weighted by Gasteiger charge is 2.17. The monoisotopic (exact) mass is 348 g/mol. The van der Waals surface area contributed by atoms with Crippen molar-refractivity contribution in [3.8, 4) is 11.5 Å². The van der Waals surface area contributed by atoms with Gasteiger partial charge in [0.1, 0.15) is 11.5 Å². The molecule has 0 atom stereocenters. The Morgan fingerprint density at radius 3 is 2.14 bits per heavy atom. The molecule has 2 aromatic rings. The van der Waals surface area contributed by atoms with Gasteiger partial charge in [-0.1, -0.05) is 15.9 Å². The molecule has 0 saturated heterocycles. The van der Waals surface area contributed by atoms with Gasteiger partial charge in [-0.15, -0.1) is 0 Å². The number of methoxy groups -OCH3 is 2. The van der Waals surface area contributed by atoms with Gasteiger partial charge in [0.05, 0.1) is 19.8 Å². The van der Waals surface area contributed by atoms with Crippen molar-refractivity contribution in [1.82, 2.24) is 0 Å². The standard InChI is InChI=1S/C17H17BrO3/c1-10-7-12(8-11(2)16(10)18)17(19)14-9-13(20-3)5-6-15(14)21-4/h5-9H,1-4H3. The van der Waals surface area contributed by atoms with Gasteiger partial charge in [0.15, 0.2) is 5.78 Å². The predicted molar refractivity (Wildman–Crippen MR) is 86.6 cm³/mol. The lowest BCUT2D eigenvalue weighted by atomic mass is 9.98. The molecule has 0 radical (unpaired) electrons. The predicted octanol–water partition coefficient (Wildman–Crippen LogP) is 4.31. The molecule has 0 heterocycles. The van der Waals surface area contributed by atoms with Crippen LogP contribution in [-0.2, 0) is 0 Å². The molecule has 0 unspecified atom stereocenters. The maximum atomic E-state index is 12.8. The third kappa shape index (κ3) is 3.10. The van der Waals surface area contributed by atoms with Gasteiger partial charge in [-0.3, -0.25) is 4.79 Å². The Morgan fingerprint density at radius 1 is 1.00 bits per heavy atom. The summed E-state index contributed by atoms with van der Waals surface area (Å²) in [6.07, 6.45) is 0. The maximum Gasteiger partial charge on any atom is 0.196 e. The molecule has 21 heavy (non-hydrogen) atoms. The largest absolute Gasteiger partial charge is 0.497 e. The fraction of sp³-hybridized carbons (Fsp3) is 0.235. The number of ether oxygens (including phenoxy) is 2. The summed E-state index contributed by atoms with van der Waals surface area (Å²) in [7, 11) is 3.13. The first-order valence-electron chi connectivity index (χ1n) is 6.51. The summed E-state index contributed by atoms with van der Waals surface area (Å²) in [6.45, 7) is 3.94. The second-order valence-electron chi connectivity index (χ2n) is 4.82. The van der Waals surface area contributed by atoms with Gasteiger partial charge in [-0.05, 0) is 55.3 Å². The van der Waals surface area contributed by atoms with Crippen LogP contribution >= 0.6 is 15.9 Å². The Bertz CT molecular complexity index is 669. The molecule has 2 rings (SSSR count). The van der Waals surface area contributed by atoms with Crippen LogP contribution in [0.1, 0.15) is 27.0 Å². The van der Waals surface area contributed by atoms with Crippen molar-refractivity contribution in [3.05, 3.63) is 57.1 Å². The minimum Gasteiger partial charge on any atom is -0.497 e. The van der Waals surface area contributed by atoms with Crippen LogP contribution in [0.25, 0.3) is 0 Å². The lowest BCUT2D eigenvalue weighted by Crippen LogP contribution is -2.05. The molecule has 0 N–H and O–H groups in total. The second kappa shape index (κ2) is 6.31. The molecule has 2 aromatic carbocycles. The summed E-state index contributed by atoms with van der Waals surface area (Å²) in [5, 5.41) is 0. The second-order valence-corrected chi connectivity index (χ2v) is 5.61. The zero-order valence-electron chi connectivity index (χ0n) is 12.5. The van der Waals surface area contributed by atoms with Crippen LogP contribution < -0.4 is 9.47 Å². The van der Waals surface area contributed by atoms with Gasteiger partial charge in [0.2, 0.25) is 0 Å². The van der Waals surface area contributed by atoms with Crippen LogP contribution in [0.4, 0.5) is 0 Å². The van der Waals surface area contributed by atoms with E-state index in [-0.39, 0.29) is 5.78 Å². The molecule has 110 valence electrons. The van der Waals surface area contributed by atoms with E-state index in [0.717, 1.165) is 15.6 Å². The number of carbonyl (C=O) groups is 1. The van der Waals surface area contributed by atoms with E-state index in [9.17, 15) is 4.79 Å². The van der Waals surface area contributed by atoms with Crippen molar-refractivity contribution in [1.29, 1.82) is 0 Å². The van der Waals surface area contributed by atoms with Crippen molar-refractivity contribution in [2.45, 2.75) is 13.8 Å². The smallest absolute Gasteiger partial charge is 0.196 e. The first kappa shape index (κ1) is 15.6. The van der Waals surface area contributed by atoms with Gasteiger partial charge in [-0.2, -0.15) is 0 Å². The molecular formula is C17H17BrO3. The minimum atomic E-state index is -0.0792. The van der Waals surface area contributed by atoms with E-state index in [2.05, 4.69) is 15.9 Å². The molecule has 0 aromatic heterocycles. The summed E-state index contributed by atoms with van der Waals surface area (Å²) in [5.74, 6) is 1.09. The topological polar surface area (TPSA) is 35.5 Å². The van der Waals surface area contributed by atoms with E-state index >= 15 is 0 Å². The lowest BCUT2D eigenvalue weighted by Gasteiger charge is -2.11. The zero-order chi connectivity index (χ0) is 15.6. The number of benzene rings is 2. The van der Waals surface area contributed by atoms with Crippen molar-refractivity contribution >= 4 is 21.7 Å². The lowest BCUT2D eigenvalue weighted by molar-refractivity contribution is 0.103. The molecule has 0 aliphatic heterocycles. The van der Waals surface area contributed by atoms with Gasteiger partial charge in [-0.25, -0.2) is 0 Å². The highest BCUT2D eigenvalue weighted by atomic mass is 79.9. The summed E-state index contributed by atoms with van der Waals surface area (Å²) in [4.78, 5) is 12.8. The Hall–Kier alpha value is -1.81. The van der Waals surface area contributed by atoms with Crippen molar-refractivity contribution in [3.63, 3.8) is 0 Å². The number of aryl methyl sites for hydroxylation is 2. The quantitative estimate of drug-likeness (QED) is 0.772. The maximum absolute atomic E-state index is 12.8. The normalized spacial score (nSPS) is 10.3. The minimum absolute atomic E-state index is 0.0792. The Morgan fingerprint density at radius 2 is 1.62 bits per heavy atom. The average molecular weight is 349 g/mol. The Kier molecular flexibility index (Phi) is 4.68. The number of rotatable bonds is 4. The molecule has 0 aliphatic carbocycles. The molecule has 0 amide bonds. The Labute approximate surface area is 133 Å². The van der Waals surface area contributed by atoms with E-state index in [1.54, 1.807) is 32.4 Å². The van der Waals surface area contributed by atoms with Crippen LogP contribution in [0.5, 0.6) is 11.5 Å². The van der Waals surface area contributed by atoms with Gasteiger partial charge >= 0.3 is 0 Å². The number of ketones is 1. The molecule has 0 saturated carbocycles. The van der Waals surface area contributed by atoms with Crippen molar-refractivity contribution in [2.24, 2.45) is 0 Å². The van der Waals surface area contributed by atoms with Crippen LogP contribution in [0.15, 0.2) is 34.8 Å². The molecule has 0 bridgehead atoms. The average Bonchev–Trinajstić information content (AvgIpc) is 2.50. The number of hydrogen-bond donors (Lipinski definition) is 0. The van der Waals surface area contributed by atoms with Crippen LogP contribution in [0.2, 0.25) is 0 Å². The third-order valence-corrected chi connectivity index (χ3v) is 4.60. The Balaban J connectivity index is 2.54. The molecule has 0 aliphatic rings. The van der Waals surface area contributed by atoms with Gasteiger partial charge in [0, 0.05) is 10.0 Å². The summed E-state index contributed by atoms with van der Waals surface area (Å²) in [5.41, 5.74) is 3.19. The molecule has 0 fully saturated rings. The zero-order valence-corrected chi connectivity index (χ0v) is 14.1. The van der Waals surface area contributed by atoms with Crippen molar-refractivity contribution < 1.29 is 14.3 Å². The number of halogens is 1. The first-order chi connectivity index (χ1) is 9.97. The van der Waals surface area contributed by atoms with E-state index in [1.807, 2.05) is 26.0 Å². The molecule has 3 nitrogen and oxygen atoms in total. The highest BCUT2D eigenvalue weighted by Crippen LogP contribution is 2.29. The highest BCUT2D eigenvalue weighted by molar-refractivity contribution is 9.10. The number of carbonyl (C=O) groups excluding carboxylic acids is 1. The van der Waals surface area contributed by atoms with Crippen LogP contribution in [0, 0.1) is 13.8 Å². The van der Waals surface area contributed by atoms with Gasteiger partial charge in [0.25, 0.3) is 0 Å². The van der Waals surface area contributed by atoms with E-state index in [0.29, 0.717) is 22.6 Å². The van der Waals surface area contributed by atoms with Crippen LogP contribution in [0.3, 0.4) is 0 Å². The van der Waals surface area contributed by atoms with Gasteiger partial charge < -0.3 is 9.47 Å². The summed E-state index contributed by atoms with van der Waals surface area (Å²) in [6, 6.07) is 8.96. The van der Waals surface area contributed by atoms with E-state index < -0.39 is 0 Å². The summed E-state index contributed by atoms with van der Waals surface area (Å²) >= 11 is 3.51. The van der Waals surface area contributed by atoms with Crippen LogP contribution in [-0.4, -0.2) is 20.0 Å². The molecule has 0 spiro atoms. The fourth-order valence-electron chi connectivity index (χ4n) is 2.22. The first-order valence-corrected chi connectivity index (χ1v) is 7.30. The van der Waals surface area contributed by atoms with Crippen molar-refractivity contribution in [2.75, 3.05) is 14.2 Å². The third-order valence-electron chi connectivity index (χ3n) is 3.35. The van der Waals surface area contributed by atoms with E-state index in [1.165, 1.54) is 0 Å². The molecule has 4 heteroatoms. The number of hydrogen-bond acceptors (Lipinski definition) is 3. The fourth-order valence-corrected chi connectivity index (χ4v) is 2.45.